The van der Waals surface area contributed by atoms with Gasteiger partial charge in [-0.05, 0) is 55.3 Å². The summed E-state index contributed by atoms with van der Waals surface area (Å²) >= 11 is 1.23. The molecule has 1 N–H and O–H groups in total. The first-order chi connectivity index (χ1) is 14.5. The van der Waals surface area contributed by atoms with Gasteiger partial charge in [-0.3, -0.25) is 4.79 Å². The molecule has 2 aromatic carbocycles. The predicted octanol–water partition coefficient (Wildman–Crippen LogP) is 5.77. The number of nitrogens with one attached hydrogen (secondary N) is 1. The molecule has 0 radical (unpaired) electrons. The van der Waals surface area contributed by atoms with Gasteiger partial charge < -0.3 is 14.8 Å². The number of esters is 1. The van der Waals surface area contributed by atoms with Crippen molar-refractivity contribution < 1.29 is 23.5 Å². The summed E-state index contributed by atoms with van der Waals surface area (Å²) in [5, 5.41) is 4.93. The summed E-state index contributed by atoms with van der Waals surface area (Å²) in [4.78, 5) is 25.2. The van der Waals surface area contributed by atoms with Crippen LogP contribution in [0.1, 0.15) is 41.0 Å². The molecule has 1 amide bonds. The maximum Gasteiger partial charge on any atom is 0.341 e. The van der Waals surface area contributed by atoms with Crippen LogP contribution < -0.4 is 10.1 Å². The number of rotatable bonds is 8. The van der Waals surface area contributed by atoms with Crippen LogP contribution in [-0.2, 0) is 4.74 Å². The van der Waals surface area contributed by atoms with E-state index < -0.39 is 17.7 Å². The van der Waals surface area contributed by atoms with Gasteiger partial charge in [0.15, 0.2) is 0 Å². The molecule has 0 saturated carbocycles. The van der Waals surface area contributed by atoms with Gasteiger partial charge in [-0.25, -0.2) is 9.18 Å². The zero-order chi connectivity index (χ0) is 21.5. The summed E-state index contributed by atoms with van der Waals surface area (Å²) in [5.41, 5.74) is 2.05. The summed E-state index contributed by atoms with van der Waals surface area (Å²) < 4.78 is 23.9. The summed E-state index contributed by atoms with van der Waals surface area (Å²) in [6.45, 7) is 4.60. The van der Waals surface area contributed by atoms with E-state index in [1.54, 1.807) is 12.3 Å². The number of thiophene rings is 1. The van der Waals surface area contributed by atoms with E-state index in [-0.39, 0.29) is 6.61 Å². The van der Waals surface area contributed by atoms with E-state index in [1.807, 2.05) is 31.2 Å². The molecular weight excluding hydrogens is 405 g/mol. The number of carbonyl (C=O) groups excluding carboxylic acids is 2. The fraction of sp³-hybridized carbons (Fsp3) is 0.217. The second kappa shape index (κ2) is 10.0. The fourth-order valence-corrected chi connectivity index (χ4v) is 3.75. The lowest BCUT2D eigenvalue weighted by Crippen LogP contribution is -2.14. The average molecular weight is 427 g/mol. The van der Waals surface area contributed by atoms with Gasteiger partial charge in [-0.2, -0.15) is 0 Å². The highest BCUT2D eigenvalue weighted by atomic mass is 32.1. The number of carbonyl (C=O) groups is 2. The van der Waals surface area contributed by atoms with Crippen molar-refractivity contribution in [2.24, 2.45) is 0 Å². The van der Waals surface area contributed by atoms with Crippen molar-refractivity contribution >= 4 is 28.2 Å². The summed E-state index contributed by atoms with van der Waals surface area (Å²) in [6.07, 6.45) is 0.913. The lowest BCUT2D eigenvalue weighted by Gasteiger charge is -2.10. The van der Waals surface area contributed by atoms with Gasteiger partial charge in [-0.15, -0.1) is 11.3 Å². The largest absolute Gasteiger partial charge is 0.494 e. The summed E-state index contributed by atoms with van der Waals surface area (Å²) in [5.74, 6) is -0.631. The molecule has 0 spiro atoms. The number of amides is 1. The Morgan fingerprint density at radius 3 is 2.37 bits per heavy atom. The molecule has 7 heteroatoms. The van der Waals surface area contributed by atoms with E-state index in [2.05, 4.69) is 5.32 Å². The average Bonchev–Trinajstić information content (AvgIpc) is 3.16. The number of hydrogen-bond acceptors (Lipinski definition) is 5. The summed E-state index contributed by atoms with van der Waals surface area (Å²) in [7, 11) is 0. The molecule has 5 nitrogen and oxygen atoms in total. The molecule has 0 aliphatic heterocycles. The molecule has 30 heavy (non-hydrogen) atoms. The van der Waals surface area contributed by atoms with Crippen LogP contribution in [0.5, 0.6) is 5.75 Å². The lowest BCUT2D eigenvalue weighted by atomic mass is 10.0. The van der Waals surface area contributed by atoms with E-state index in [0.717, 1.165) is 17.7 Å². The number of halogens is 1. The van der Waals surface area contributed by atoms with Crippen LogP contribution in [0.2, 0.25) is 0 Å². The van der Waals surface area contributed by atoms with E-state index >= 15 is 0 Å². The Morgan fingerprint density at radius 2 is 1.73 bits per heavy atom. The van der Waals surface area contributed by atoms with Gasteiger partial charge >= 0.3 is 5.97 Å². The minimum Gasteiger partial charge on any atom is -0.494 e. The Kier molecular flexibility index (Phi) is 7.19. The van der Waals surface area contributed by atoms with Crippen molar-refractivity contribution in [1.29, 1.82) is 0 Å². The van der Waals surface area contributed by atoms with Gasteiger partial charge in [0, 0.05) is 16.5 Å². The van der Waals surface area contributed by atoms with Crippen LogP contribution >= 0.6 is 11.3 Å². The molecule has 0 unspecified atom stereocenters. The molecule has 1 heterocycles. The smallest absolute Gasteiger partial charge is 0.341 e. The third-order valence-electron chi connectivity index (χ3n) is 4.24. The fourth-order valence-electron chi connectivity index (χ4n) is 2.80. The zero-order valence-electron chi connectivity index (χ0n) is 16.7. The van der Waals surface area contributed by atoms with Crippen molar-refractivity contribution in [2.45, 2.75) is 20.3 Å². The molecule has 0 aliphatic rings. The minimum absolute atomic E-state index is 0.212. The van der Waals surface area contributed by atoms with Crippen LogP contribution in [-0.4, -0.2) is 25.1 Å². The van der Waals surface area contributed by atoms with Gasteiger partial charge in [-0.1, -0.05) is 19.1 Å². The topological polar surface area (TPSA) is 64.6 Å². The first-order valence-electron chi connectivity index (χ1n) is 9.62. The van der Waals surface area contributed by atoms with Crippen LogP contribution in [0.25, 0.3) is 11.1 Å². The van der Waals surface area contributed by atoms with Gasteiger partial charge in [0.25, 0.3) is 5.91 Å². The highest BCUT2D eigenvalue weighted by molar-refractivity contribution is 7.15. The van der Waals surface area contributed by atoms with Crippen molar-refractivity contribution in [2.75, 3.05) is 18.5 Å². The minimum atomic E-state index is -0.519. The van der Waals surface area contributed by atoms with Crippen LogP contribution in [0.4, 0.5) is 9.39 Å². The molecule has 1 aromatic heterocycles. The number of anilines is 1. The second-order valence-electron chi connectivity index (χ2n) is 6.41. The molecule has 0 aliphatic carbocycles. The molecule has 3 rings (SSSR count). The SMILES string of the molecule is CCCOc1ccc(-c2csc(NC(=O)c3ccc(F)cc3)c2C(=O)OCC)cc1. The van der Waals surface area contributed by atoms with E-state index in [0.29, 0.717) is 28.3 Å². The standard InChI is InChI=1S/C23H22FNO4S/c1-3-13-29-18-11-7-15(8-12-18)19-14-30-22(20(19)23(27)28-4-2)25-21(26)16-5-9-17(24)10-6-16/h5-12,14H,3-4,13H2,1-2H3,(H,25,26). The third-order valence-corrected chi connectivity index (χ3v) is 5.14. The molecule has 0 bridgehead atoms. The second-order valence-corrected chi connectivity index (χ2v) is 7.29. The van der Waals surface area contributed by atoms with E-state index in [1.165, 1.54) is 35.6 Å². The Morgan fingerprint density at radius 1 is 1.03 bits per heavy atom. The number of benzene rings is 2. The van der Waals surface area contributed by atoms with Gasteiger partial charge in [0.05, 0.1) is 13.2 Å². The van der Waals surface area contributed by atoms with Crippen molar-refractivity contribution in [3.63, 3.8) is 0 Å². The normalized spacial score (nSPS) is 10.5. The Bertz CT molecular complexity index is 1010. The van der Waals surface area contributed by atoms with E-state index in [4.69, 9.17) is 9.47 Å². The zero-order valence-corrected chi connectivity index (χ0v) is 17.6. The quantitative estimate of drug-likeness (QED) is 0.464. The van der Waals surface area contributed by atoms with Crippen LogP contribution in [0.3, 0.4) is 0 Å². The van der Waals surface area contributed by atoms with Crippen molar-refractivity contribution in [3.8, 4) is 16.9 Å². The monoisotopic (exact) mass is 427 g/mol. The highest BCUT2D eigenvalue weighted by Crippen LogP contribution is 2.37. The van der Waals surface area contributed by atoms with Crippen LogP contribution in [0, 0.1) is 5.82 Å². The molecular formula is C23H22FNO4S. The summed E-state index contributed by atoms with van der Waals surface area (Å²) in [6, 6.07) is 12.6. The molecule has 0 saturated heterocycles. The Balaban J connectivity index is 1.91. The lowest BCUT2D eigenvalue weighted by molar-refractivity contribution is 0.0529. The van der Waals surface area contributed by atoms with E-state index in [9.17, 15) is 14.0 Å². The maximum atomic E-state index is 13.1. The van der Waals surface area contributed by atoms with Crippen molar-refractivity contribution in [1.82, 2.24) is 0 Å². The first-order valence-corrected chi connectivity index (χ1v) is 10.5. The van der Waals surface area contributed by atoms with Gasteiger partial charge in [0.1, 0.15) is 22.1 Å². The maximum absolute atomic E-state index is 13.1. The number of hydrogen-bond donors (Lipinski definition) is 1. The third kappa shape index (κ3) is 5.04. The first kappa shape index (κ1) is 21.5. The van der Waals surface area contributed by atoms with Crippen LogP contribution in [0.15, 0.2) is 53.9 Å². The number of ether oxygens (including phenoxy) is 2. The molecule has 0 atom stereocenters. The molecule has 156 valence electrons. The predicted molar refractivity (Wildman–Crippen MR) is 116 cm³/mol. The highest BCUT2D eigenvalue weighted by Gasteiger charge is 2.23. The molecule has 3 aromatic rings. The van der Waals surface area contributed by atoms with Gasteiger partial charge in [0.2, 0.25) is 0 Å². The Hall–Kier alpha value is -3.19. The Labute approximate surface area is 178 Å². The molecule has 0 fully saturated rings. The van der Waals surface area contributed by atoms with Crippen molar-refractivity contribution in [3.05, 3.63) is 70.9 Å².